The van der Waals surface area contributed by atoms with E-state index in [4.69, 9.17) is 9.47 Å². The van der Waals surface area contributed by atoms with Crippen LogP contribution in [0.1, 0.15) is 28.9 Å². The molecule has 10 heteroatoms. The summed E-state index contributed by atoms with van der Waals surface area (Å²) in [5.74, 6) is -0.653. The normalized spacial score (nSPS) is 15.4. The largest absolute Gasteiger partial charge is 0.497 e. The molecule has 1 fully saturated rings. The molecule has 0 radical (unpaired) electrons. The van der Waals surface area contributed by atoms with Gasteiger partial charge in [0.05, 0.1) is 25.4 Å². The Morgan fingerprint density at radius 3 is 2.70 bits per heavy atom. The summed E-state index contributed by atoms with van der Waals surface area (Å²) in [4.78, 5) is 39.1. The number of hydrogen-bond donors (Lipinski definition) is 1. The summed E-state index contributed by atoms with van der Waals surface area (Å²) in [6, 6.07) is 12.0. The van der Waals surface area contributed by atoms with Crippen molar-refractivity contribution in [3.05, 3.63) is 86.4 Å². The zero-order valence-electron chi connectivity index (χ0n) is 18.0. The van der Waals surface area contributed by atoms with E-state index in [9.17, 15) is 18.8 Å². The summed E-state index contributed by atoms with van der Waals surface area (Å²) in [5.41, 5.74) is -1.34. The highest BCUT2D eigenvalue weighted by Crippen LogP contribution is 2.13. The fraction of sp³-hybridized carbons (Fsp3) is 0.304. The zero-order chi connectivity index (χ0) is 23.4. The molecule has 2 aromatic carbocycles. The molecule has 0 bridgehead atoms. The Labute approximate surface area is 188 Å². The lowest BCUT2D eigenvalue weighted by Gasteiger charge is -2.14. The van der Waals surface area contributed by atoms with E-state index < -0.39 is 28.7 Å². The number of carbonyl (C=O) groups is 1. The van der Waals surface area contributed by atoms with Crippen LogP contribution in [-0.2, 0) is 11.3 Å². The summed E-state index contributed by atoms with van der Waals surface area (Å²) in [7, 11) is 1.51. The van der Waals surface area contributed by atoms with Gasteiger partial charge < -0.3 is 14.8 Å². The highest BCUT2D eigenvalue weighted by atomic mass is 19.1. The number of methoxy groups -OCH3 is 1. The average Bonchev–Trinajstić information content (AvgIpc) is 3.34. The highest BCUT2D eigenvalue weighted by molar-refractivity contribution is 5.91. The van der Waals surface area contributed by atoms with Gasteiger partial charge in [-0.15, -0.1) is 0 Å². The highest BCUT2D eigenvalue weighted by Gasteiger charge is 2.22. The SMILES string of the molecule is COc1ccc(-n2nc(C(=O)NCC3CCCO3)c(=O)n(Cc3cccc(F)c3)c2=O)cc1. The molecule has 1 amide bonds. The number of carbonyl (C=O) groups excluding carboxylic acids is 1. The van der Waals surface area contributed by atoms with Crippen molar-refractivity contribution < 1.29 is 18.7 Å². The van der Waals surface area contributed by atoms with E-state index in [1.165, 1.54) is 25.3 Å². The molecule has 1 N–H and O–H groups in total. The summed E-state index contributed by atoms with van der Waals surface area (Å²) < 4.78 is 26.1. The molecular formula is C23H23FN4O5. The second-order valence-corrected chi connectivity index (χ2v) is 7.61. The van der Waals surface area contributed by atoms with Crippen LogP contribution in [0.25, 0.3) is 5.69 Å². The van der Waals surface area contributed by atoms with Crippen LogP contribution < -0.4 is 21.3 Å². The van der Waals surface area contributed by atoms with Crippen LogP contribution in [0.2, 0.25) is 0 Å². The third-order valence-corrected chi connectivity index (χ3v) is 5.34. The molecule has 1 aromatic heterocycles. The fourth-order valence-electron chi connectivity index (χ4n) is 3.60. The van der Waals surface area contributed by atoms with Crippen molar-refractivity contribution in [1.29, 1.82) is 0 Å². The lowest BCUT2D eigenvalue weighted by Crippen LogP contribution is -2.46. The molecule has 172 valence electrons. The van der Waals surface area contributed by atoms with Crippen LogP contribution in [-0.4, -0.2) is 46.6 Å². The van der Waals surface area contributed by atoms with Crippen LogP contribution >= 0.6 is 0 Å². The van der Waals surface area contributed by atoms with Gasteiger partial charge in [0.1, 0.15) is 11.6 Å². The third-order valence-electron chi connectivity index (χ3n) is 5.34. The van der Waals surface area contributed by atoms with Crippen molar-refractivity contribution in [2.24, 2.45) is 0 Å². The molecule has 1 atom stereocenters. The van der Waals surface area contributed by atoms with E-state index in [-0.39, 0.29) is 19.2 Å². The first-order chi connectivity index (χ1) is 16.0. The molecule has 1 aliphatic heterocycles. The number of rotatable bonds is 7. The van der Waals surface area contributed by atoms with Crippen molar-refractivity contribution in [1.82, 2.24) is 19.7 Å². The topological polar surface area (TPSA) is 104 Å². The molecule has 0 aliphatic carbocycles. The molecule has 3 aromatic rings. The first kappa shape index (κ1) is 22.4. The van der Waals surface area contributed by atoms with E-state index in [0.29, 0.717) is 23.6 Å². The Morgan fingerprint density at radius 2 is 2.03 bits per heavy atom. The van der Waals surface area contributed by atoms with Gasteiger partial charge in [0.15, 0.2) is 0 Å². The van der Waals surface area contributed by atoms with Gasteiger partial charge in [-0.2, -0.15) is 9.78 Å². The Bertz CT molecular complexity index is 1260. The number of benzene rings is 2. The molecule has 1 unspecified atom stereocenters. The van der Waals surface area contributed by atoms with Crippen molar-refractivity contribution >= 4 is 5.91 Å². The van der Waals surface area contributed by atoms with Crippen molar-refractivity contribution in [2.45, 2.75) is 25.5 Å². The van der Waals surface area contributed by atoms with E-state index in [2.05, 4.69) is 10.4 Å². The quantitative estimate of drug-likeness (QED) is 0.580. The second-order valence-electron chi connectivity index (χ2n) is 7.61. The Hall–Kier alpha value is -3.79. The van der Waals surface area contributed by atoms with Gasteiger partial charge >= 0.3 is 5.69 Å². The summed E-state index contributed by atoms with van der Waals surface area (Å²) >= 11 is 0. The predicted molar refractivity (Wildman–Crippen MR) is 117 cm³/mol. The molecule has 9 nitrogen and oxygen atoms in total. The van der Waals surface area contributed by atoms with Gasteiger partial charge in [0, 0.05) is 13.2 Å². The van der Waals surface area contributed by atoms with Crippen molar-refractivity contribution in [3.8, 4) is 11.4 Å². The molecular weight excluding hydrogens is 431 g/mol. The predicted octanol–water partition coefficient (Wildman–Crippen LogP) is 1.50. The molecule has 1 saturated heterocycles. The number of ether oxygens (including phenoxy) is 2. The van der Waals surface area contributed by atoms with Crippen LogP contribution in [0.3, 0.4) is 0 Å². The van der Waals surface area contributed by atoms with Crippen LogP contribution in [0.4, 0.5) is 4.39 Å². The minimum absolute atomic E-state index is 0.129. The minimum atomic E-state index is -0.862. The lowest BCUT2D eigenvalue weighted by atomic mass is 10.2. The average molecular weight is 454 g/mol. The van der Waals surface area contributed by atoms with Gasteiger partial charge in [-0.3, -0.25) is 14.2 Å². The van der Waals surface area contributed by atoms with Gasteiger partial charge in [0.2, 0.25) is 5.69 Å². The van der Waals surface area contributed by atoms with Crippen molar-refractivity contribution in [2.75, 3.05) is 20.3 Å². The Kier molecular flexibility index (Phi) is 6.64. The maximum absolute atomic E-state index is 13.7. The number of nitrogens with zero attached hydrogens (tertiary/aromatic N) is 3. The number of halogens is 1. The monoisotopic (exact) mass is 454 g/mol. The Balaban J connectivity index is 1.76. The smallest absolute Gasteiger partial charge is 0.352 e. The third kappa shape index (κ3) is 5.01. The first-order valence-electron chi connectivity index (χ1n) is 10.5. The van der Waals surface area contributed by atoms with Crippen LogP contribution in [0.15, 0.2) is 58.1 Å². The molecule has 0 spiro atoms. The number of aromatic nitrogens is 3. The maximum atomic E-state index is 13.7. The molecule has 0 saturated carbocycles. The molecule has 33 heavy (non-hydrogen) atoms. The molecule has 2 heterocycles. The fourth-order valence-corrected chi connectivity index (χ4v) is 3.60. The van der Waals surface area contributed by atoms with Gasteiger partial charge in [-0.05, 0) is 54.8 Å². The number of nitrogens with one attached hydrogen (secondary N) is 1. The molecule has 4 rings (SSSR count). The second kappa shape index (κ2) is 9.78. The summed E-state index contributed by atoms with van der Waals surface area (Å²) in [6.07, 6.45) is 1.58. The zero-order valence-corrected chi connectivity index (χ0v) is 18.0. The minimum Gasteiger partial charge on any atom is -0.497 e. The number of amides is 1. The first-order valence-corrected chi connectivity index (χ1v) is 10.5. The van der Waals surface area contributed by atoms with Gasteiger partial charge in [0.25, 0.3) is 11.5 Å². The number of hydrogen-bond acceptors (Lipinski definition) is 6. The summed E-state index contributed by atoms with van der Waals surface area (Å²) in [6.45, 7) is 0.632. The summed E-state index contributed by atoms with van der Waals surface area (Å²) in [5, 5.41) is 6.73. The van der Waals surface area contributed by atoms with Crippen molar-refractivity contribution in [3.63, 3.8) is 0 Å². The maximum Gasteiger partial charge on any atom is 0.352 e. The van der Waals surface area contributed by atoms with E-state index >= 15 is 0 Å². The molecule has 1 aliphatic rings. The van der Waals surface area contributed by atoms with E-state index in [0.717, 1.165) is 22.1 Å². The van der Waals surface area contributed by atoms with Gasteiger partial charge in [-0.25, -0.2) is 9.18 Å². The standard InChI is InChI=1S/C23H23FN4O5/c1-32-18-9-7-17(8-10-18)28-23(31)27(14-15-4-2-5-16(24)12-15)22(30)20(26-28)21(29)25-13-19-6-3-11-33-19/h2,4-5,7-10,12,19H,3,6,11,13-14H2,1H3,(H,25,29). The van der Waals surface area contributed by atoms with E-state index in [1.807, 2.05) is 0 Å². The van der Waals surface area contributed by atoms with Crippen LogP contribution in [0, 0.1) is 5.82 Å². The van der Waals surface area contributed by atoms with Crippen LogP contribution in [0.5, 0.6) is 5.75 Å². The lowest BCUT2D eigenvalue weighted by molar-refractivity contribution is 0.0849. The van der Waals surface area contributed by atoms with E-state index in [1.54, 1.807) is 30.3 Å². The van der Waals surface area contributed by atoms with Gasteiger partial charge in [-0.1, -0.05) is 12.1 Å². The Morgan fingerprint density at radius 1 is 1.24 bits per heavy atom.